The highest BCUT2D eigenvalue weighted by Crippen LogP contribution is 2.31. The number of ether oxygens (including phenoxy) is 1. The van der Waals surface area contributed by atoms with Crippen LogP contribution in [0, 0.1) is 5.92 Å². The number of nitrogens with one attached hydrogen (secondary N) is 1. The summed E-state index contributed by atoms with van der Waals surface area (Å²) >= 11 is 0. The third-order valence-electron chi connectivity index (χ3n) is 4.34. The van der Waals surface area contributed by atoms with Crippen LogP contribution < -0.4 is 5.32 Å². The van der Waals surface area contributed by atoms with Gasteiger partial charge in [0.1, 0.15) is 0 Å². The molecule has 0 heterocycles. The normalized spacial score (nSPS) is 14.3. The van der Waals surface area contributed by atoms with E-state index < -0.39 is 0 Å². The second-order valence-electron chi connectivity index (χ2n) is 6.33. The van der Waals surface area contributed by atoms with Gasteiger partial charge in [0, 0.05) is 25.2 Å². The molecule has 0 bridgehead atoms. The Morgan fingerprint density at radius 2 is 1.81 bits per heavy atom. The molecule has 120 valence electrons. The Hall–Kier alpha value is -0.860. The number of likely N-dealkylation sites (N-methyl/N-ethyl adjacent to an activating group) is 1. The minimum absolute atomic E-state index is 0.190. The smallest absolute Gasteiger partial charge is 0.0475 e. The van der Waals surface area contributed by atoms with Gasteiger partial charge >= 0.3 is 0 Å². The molecule has 2 nitrogen and oxygen atoms in total. The quantitative estimate of drug-likeness (QED) is 0.610. The molecule has 0 aromatic heterocycles. The number of benzene rings is 1. The van der Waals surface area contributed by atoms with Gasteiger partial charge in [-0.2, -0.15) is 0 Å². The van der Waals surface area contributed by atoms with E-state index in [1.165, 1.54) is 5.56 Å². The lowest BCUT2D eigenvalue weighted by atomic mass is 9.75. The van der Waals surface area contributed by atoms with E-state index in [-0.39, 0.29) is 5.41 Å². The Morgan fingerprint density at radius 1 is 1.10 bits per heavy atom. The van der Waals surface area contributed by atoms with E-state index >= 15 is 0 Å². The first-order valence-corrected chi connectivity index (χ1v) is 8.48. The predicted octanol–water partition coefficient (Wildman–Crippen LogP) is 4.40. The first kappa shape index (κ1) is 18.2. The second-order valence-corrected chi connectivity index (χ2v) is 6.33. The number of hydrogen-bond acceptors (Lipinski definition) is 2. The lowest BCUT2D eigenvalue weighted by Crippen LogP contribution is -2.39. The van der Waals surface area contributed by atoms with Gasteiger partial charge in [-0.15, -0.1) is 0 Å². The maximum absolute atomic E-state index is 5.88. The lowest BCUT2D eigenvalue weighted by Gasteiger charge is -2.34. The van der Waals surface area contributed by atoms with Crippen molar-refractivity contribution in [1.29, 1.82) is 0 Å². The van der Waals surface area contributed by atoms with Gasteiger partial charge in [-0.3, -0.25) is 0 Å². The van der Waals surface area contributed by atoms with Crippen molar-refractivity contribution in [3.63, 3.8) is 0 Å². The average molecular weight is 291 g/mol. The molecular weight excluding hydrogens is 258 g/mol. The van der Waals surface area contributed by atoms with Gasteiger partial charge in [-0.25, -0.2) is 0 Å². The zero-order valence-corrected chi connectivity index (χ0v) is 14.3. The van der Waals surface area contributed by atoms with Gasteiger partial charge in [0.25, 0.3) is 0 Å². The first-order valence-electron chi connectivity index (χ1n) is 8.48. The van der Waals surface area contributed by atoms with Gasteiger partial charge < -0.3 is 10.1 Å². The molecule has 2 heteroatoms. The van der Waals surface area contributed by atoms with Crippen molar-refractivity contribution in [1.82, 2.24) is 5.32 Å². The molecule has 0 aliphatic rings. The standard InChI is InChI=1S/C19H33NO/c1-5-19(16-20-6-2,18-10-8-7-9-11-18)13-15-21-14-12-17(3)4/h7-11,17,20H,5-6,12-16H2,1-4H3. The molecule has 0 spiro atoms. The van der Waals surface area contributed by atoms with E-state index in [1.54, 1.807) is 0 Å². The predicted molar refractivity (Wildman–Crippen MR) is 91.8 cm³/mol. The summed E-state index contributed by atoms with van der Waals surface area (Å²) < 4.78 is 5.88. The molecule has 21 heavy (non-hydrogen) atoms. The van der Waals surface area contributed by atoms with Crippen molar-refractivity contribution in [2.75, 3.05) is 26.3 Å². The zero-order chi connectivity index (χ0) is 15.6. The van der Waals surface area contributed by atoms with Crippen LogP contribution >= 0.6 is 0 Å². The van der Waals surface area contributed by atoms with Crippen LogP contribution in [-0.4, -0.2) is 26.3 Å². The van der Waals surface area contributed by atoms with Crippen LogP contribution in [0.2, 0.25) is 0 Å². The summed E-state index contributed by atoms with van der Waals surface area (Å²) in [4.78, 5) is 0. The monoisotopic (exact) mass is 291 g/mol. The largest absolute Gasteiger partial charge is 0.381 e. The highest BCUT2D eigenvalue weighted by molar-refractivity contribution is 5.26. The lowest BCUT2D eigenvalue weighted by molar-refractivity contribution is 0.103. The molecule has 1 rings (SSSR count). The van der Waals surface area contributed by atoms with Crippen molar-refractivity contribution in [3.05, 3.63) is 35.9 Å². The highest BCUT2D eigenvalue weighted by atomic mass is 16.5. The summed E-state index contributed by atoms with van der Waals surface area (Å²) in [7, 11) is 0. The van der Waals surface area contributed by atoms with Crippen LogP contribution in [0.25, 0.3) is 0 Å². The molecule has 0 aliphatic carbocycles. The SMILES string of the molecule is CCNCC(CC)(CCOCCC(C)C)c1ccccc1. The molecule has 0 aliphatic heterocycles. The van der Waals surface area contributed by atoms with E-state index in [2.05, 4.69) is 63.3 Å². The molecule has 1 N–H and O–H groups in total. The topological polar surface area (TPSA) is 21.3 Å². The van der Waals surface area contributed by atoms with Crippen molar-refractivity contribution >= 4 is 0 Å². The molecule has 0 radical (unpaired) electrons. The average Bonchev–Trinajstić information content (AvgIpc) is 2.51. The molecule has 0 saturated heterocycles. The van der Waals surface area contributed by atoms with Crippen LogP contribution in [-0.2, 0) is 10.2 Å². The highest BCUT2D eigenvalue weighted by Gasteiger charge is 2.29. The van der Waals surface area contributed by atoms with Crippen molar-refractivity contribution in [2.45, 2.75) is 52.4 Å². The van der Waals surface area contributed by atoms with Crippen molar-refractivity contribution < 1.29 is 4.74 Å². The summed E-state index contributed by atoms with van der Waals surface area (Å²) in [5, 5.41) is 3.54. The van der Waals surface area contributed by atoms with Crippen LogP contribution in [0.4, 0.5) is 0 Å². The second kappa shape index (κ2) is 9.97. The Kier molecular flexibility index (Phi) is 8.63. The van der Waals surface area contributed by atoms with Gasteiger partial charge in [0.15, 0.2) is 0 Å². The minimum Gasteiger partial charge on any atom is -0.381 e. The van der Waals surface area contributed by atoms with Crippen LogP contribution in [0.5, 0.6) is 0 Å². The summed E-state index contributed by atoms with van der Waals surface area (Å²) in [6.07, 6.45) is 3.37. The maximum Gasteiger partial charge on any atom is 0.0475 e. The van der Waals surface area contributed by atoms with E-state index in [0.717, 1.165) is 51.5 Å². The van der Waals surface area contributed by atoms with E-state index in [1.807, 2.05) is 0 Å². The minimum atomic E-state index is 0.190. The number of hydrogen-bond donors (Lipinski definition) is 1. The van der Waals surface area contributed by atoms with Gasteiger partial charge in [-0.05, 0) is 37.3 Å². The fourth-order valence-corrected chi connectivity index (χ4v) is 2.69. The third-order valence-corrected chi connectivity index (χ3v) is 4.34. The molecule has 1 atom stereocenters. The van der Waals surface area contributed by atoms with E-state index in [9.17, 15) is 0 Å². The summed E-state index contributed by atoms with van der Waals surface area (Å²) in [6, 6.07) is 10.9. The molecule has 1 aromatic rings. The molecule has 1 aromatic carbocycles. The zero-order valence-electron chi connectivity index (χ0n) is 14.3. The van der Waals surface area contributed by atoms with Gasteiger partial charge in [0.2, 0.25) is 0 Å². The molecule has 0 saturated carbocycles. The van der Waals surface area contributed by atoms with Crippen LogP contribution in [0.15, 0.2) is 30.3 Å². The summed E-state index contributed by atoms with van der Waals surface area (Å²) in [6.45, 7) is 12.7. The Morgan fingerprint density at radius 3 is 2.38 bits per heavy atom. The van der Waals surface area contributed by atoms with Crippen LogP contribution in [0.3, 0.4) is 0 Å². The molecule has 0 amide bonds. The summed E-state index contributed by atoms with van der Waals surface area (Å²) in [5.74, 6) is 0.719. The maximum atomic E-state index is 5.88. The molecular formula is C19H33NO. The van der Waals surface area contributed by atoms with Crippen molar-refractivity contribution in [3.8, 4) is 0 Å². The number of rotatable bonds is 11. The van der Waals surface area contributed by atoms with E-state index in [4.69, 9.17) is 4.74 Å². The third kappa shape index (κ3) is 6.19. The fraction of sp³-hybridized carbons (Fsp3) is 0.684. The molecule has 1 unspecified atom stereocenters. The van der Waals surface area contributed by atoms with Crippen molar-refractivity contribution in [2.24, 2.45) is 5.92 Å². The summed E-state index contributed by atoms with van der Waals surface area (Å²) in [5.41, 5.74) is 1.62. The first-order chi connectivity index (χ1) is 10.1. The Balaban J connectivity index is 2.63. The van der Waals surface area contributed by atoms with Crippen LogP contribution in [0.1, 0.15) is 52.5 Å². The van der Waals surface area contributed by atoms with Gasteiger partial charge in [0.05, 0.1) is 0 Å². The van der Waals surface area contributed by atoms with E-state index in [0.29, 0.717) is 0 Å². The Labute approximate surface area is 131 Å². The Bertz CT molecular complexity index is 363. The van der Waals surface area contributed by atoms with Gasteiger partial charge in [-0.1, -0.05) is 58.0 Å². The fourth-order valence-electron chi connectivity index (χ4n) is 2.69. The molecule has 0 fully saturated rings.